The van der Waals surface area contributed by atoms with Gasteiger partial charge in [-0.25, -0.2) is 4.79 Å². The molecule has 0 bridgehead atoms. The molecule has 0 atom stereocenters. The monoisotopic (exact) mass is 343 g/mol. The van der Waals surface area contributed by atoms with Gasteiger partial charge in [0.05, 0.1) is 0 Å². The van der Waals surface area contributed by atoms with E-state index in [9.17, 15) is 9.59 Å². The Bertz CT molecular complexity index is 736. The molecule has 1 amide bonds. The van der Waals surface area contributed by atoms with Gasteiger partial charge in [0.1, 0.15) is 5.60 Å². The second kappa shape index (κ2) is 7.53. The maximum atomic E-state index is 12.3. The lowest BCUT2D eigenvalue weighted by atomic mass is 10.2. The number of anilines is 1. The lowest BCUT2D eigenvalue weighted by molar-refractivity contribution is 0.0635. The molecule has 4 nitrogen and oxygen atoms in total. The molecule has 1 N–H and O–H groups in total. The highest BCUT2D eigenvalue weighted by Gasteiger charge is 2.17. The summed E-state index contributed by atoms with van der Waals surface area (Å²) in [4.78, 5) is 25.0. The SMILES string of the molecule is Cc1ccc(SC(=O)c2ccccc2)cc1NC(=O)OC(C)(C)C. The van der Waals surface area contributed by atoms with E-state index in [1.165, 1.54) is 0 Å². The number of hydrogen-bond donors (Lipinski definition) is 1. The van der Waals surface area contributed by atoms with E-state index in [0.29, 0.717) is 11.3 Å². The highest BCUT2D eigenvalue weighted by Crippen LogP contribution is 2.27. The largest absolute Gasteiger partial charge is 0.444 e. The normalized spacial score (nSPS) is 11.0. The lowest BCUT2D eigenvalue weighted by Crippen LogP contribution is -2.27. The number of hydrogen-bond acceptors (Lipinski definition) is 4. The van der Waals surface area contributed by atoms with Crippen molar-refractivity contribution in [2.75, 3.05) is 5.32 Å². The molecule has 0 aromatic heterocycles. The maximum absolute atomic E-state index is 12.3. The zero-order chi connectivity index (χ0) is 17.7. The minimum Gasteiger partial charge on any atom is -0.444 e. The van der Waals surface area contributed by atoms with E-state index in [-0.39, 0.29) is 5.12 Å². The third-order valence-electron chi connectivity index (χ3n) is 3.06. The van der Waals surface area contributed by atoms with E-state index in [0.717, 1.165) is 22.2 Å². The molecule has 0 fully saturated rings. The van der Waals surface area contributed by atoms with Crippen molar-refractivity contribution < 1.29 is 14.3 Å². The zero-order valence-corrected chi connectivity index (χ0v) is 15.1. The fraction of sp³-hybridized carbons (Fsp3) is 0.263. The average molecular weight is 343 g/mol. The van der Waals surface area contributed by atoms with Crippen molar-refractivity contribution in [1.29, 1.82) is 0 Å². The number of thioether (sulfide) groups is 1. The molecule has 2 rings (SSSR count). The first-order valence-electron chi connectivity index (χ1n) is 7.62. The minimum absolute atomic E-state index is 0.0392. The van der Waals surface area contributed by atoms with Crippen molar-refractivity contribution in [2.45, 2.75) is 38.2 Å². The Balaban J connectivity index is 2.11. The number of rotatable bonds is 3. The maximum Gasteiger partial charge on any atom is 0.412 e. The molecule has 0 saturated heterocycles. The molecular formula is C19H21NO3S. The van der Waals surface area contributed by atoms with E-state index in [4.69, 9.17) is 4.74 Å². The van der Waals surface area contributed by atoms with Gasteiger partial charge in [0.15, 0.2) is 0 Å². The molecule has 5 heteroatoms. The standard InChI is InChI=1S/C19H21NO3S/c1-13-10-11-15(24-17(21)14-8-6-5-7-9-14)12-16(13)20-18(22)23-19(2,3)4/h5-12H,1-4H3,(H,20,22). The van der Waals surface area contributed by atoms with E-state index in [1.807, 2.05) is 58.0 Å². The smallest absolute Gasteiger partial charge is 0.412 e. The van der Waals surface area contributed by atoms with Gasteiger partial charge in [-0.05, 0) is 57.2 Å². The molecular weight excluding hydrogens is 322 g/mol. The third-order valence-corrected chi connectivity index (χ3v) is 3.98. The van der Waals surface area contributed by atoms with Crippen LogP contribution in [0.25, 0.3) is 0 Å². The van der Waals surface area contributed by atoms with Gasteiger partial charge in [0.25, 0.3) is 0 Å². The summed E-state index contributed by atoms with van der Waals surface area (Å²) in [5.74, 6) is 0. The number of benzene rings is 2. The summed E-state index contributed by atoms with van der Waals surface area (Å²) in [7, 11) is 0. The van der Waals surface area contributed by atoms with Gasteiger partial charge in [0, 0.05) is 16.1 Å². The Hall–Kier alpha value is -2.27. The molecule has 2 aromatic rings. The first-order valence-corrected chi connectivity index (χ1v) is 8.44. The van der Waals surface area contributed by atoms with Gasteiger partial charge in [-0.2, -0.15) is 0 Å². The van der Waals surface area contributed by atoms with Gasteiger partial charge in [0.2, 0.25) is 5.12 Å². The fourth-order valence-corrected chi connectivity index (χ4v) is 2.73. The van der Waals surface area contributed by atoms with Crippen molar-refractivity contribution >= 4 is 28.7 Å². The van der Waals surface area contributed by atoms with Crippen LogP contribution in [0.15, 0.2) is 53.4 Å². The molecule has 0 aliphatic rings. The Morgan fingerprint density at radius 3 is 2.33 bits per heavy atom. The predicted octanol–water partition coefficient (Wildman–Crippen LogP) is 5.27. The van der Waals surface area contributed by atoms with Crippen LogP contribution in [0, 0.1) is 6.92 Å². The molecule has 0 saturated carbocycles. The molecule has 0 aliphatic carbocycles. The van der Waals surface area contributed by atoms with E-state index < -0.39 is 11.7 Å². The Morgan fingerprint density at radius 2 is 1.71 bits per heavy atom. The topological polar surface area (TPSA) is 55.4 Å². The van der Waals surface area contributed by atoms with Crippen LogP contribution in [-0.4, -0.2) is 16.8 Å². The van der Waals surface area contributed by atoms with Crippen LogP contribution in [-0.2, 0) is 4.74 Å². The van der Waals surface area contributed by atoms with Crippen molar-refractivity contribution in [2.24, 2.45) is 0 Å². The highest BCUT2D eigenvalue weighted by molar-refractivity contribution is 8.14. The number of nitrogens with one attached hydrogen (secondary N) is 1. The number of amides is 1. The molecule has 0 aliphatic heterocycles. The van der Waals surface area contributed by atoms with Crippen LogP contribution in [0.2, 0.25) is 0 Å². The molecule has 2 aromatic carbocycles. The summed E-state index contributed by atoms with van der Waals surface area (Å²) >= 11 is 1.13. The molecule has 0 unspecified atom stereocenters. The van der Waals surface area contributed by atoms with Gasteiger partial charge >= 0.3 is 6.09 Å². The Labute approximate surface area is 146 Å². The van der Waals surface area contributed by atoms with Gasteiger partial charge in [-0.15, -0.1) is 0 Å². The Kier molecular flexibility index (Phi) is 5.67. The first-order chi connectivity index (χ1) is 11.2. The van der Waals surface area contributed by atoms with Gasteiger partial charge < -0.3 is 4.74 Å². The minimum atomic E-state index is -0.562. The van der Waals surface area contributed by atoms with Crippen LogP contribution in [0.5, 0.6) is 0 Å². The van der Waals surface area contributed by atoms with E-state index >= 15 is 0 Å². The van der Waals surface area contributed by atoms with Gasteiger partial charge in [-0.3, -0.25) is 10.1 Å². The summed E-state index contributed by atoms with van der Waals surface area (Å²) in [5, 5.41) is 2.70. The first kappa shape index (κ1) is 18.1. The third kappa shape index (κ3) is 5.42. The quantitative estimate of drug-likeness (QED) is 0.771. The second-order valence-corrected chi connectivity index (χ2v) is 7.41. The van der Waals surface area contributed by atoms with E-state index in [2.05, 4.69) is 5.32 Å². The molecule has 0 heterocycles. The molecule has 24 heavy (non-hydrogen) atoms. The number of aryl methyl sites for hydroxylation is 1. The zero-order valence-electron chi connectivity index (χ0n) is 14.3. The fourth-order valence-electron chi connectivity index (χ4n) is 1.95. The van der Waals surface area contributed by atoms with Crippen LogP contribution in [0.4, 0.5) is 10.5 Å². The molecule has 126 valence electrons. The van der Waals surface area contributed by atoms with Gasteiger partial charge in [-0.1, -0.05) is 36.4 Å². The summed E-state index contributed by atoms with van der Waals surface area (Å²) in [6.07, 6.45) is -0.512. The second-order valence-electron chi connectivity index (χ2n) is 6.36. The van der Waals surface area contributed by atoms with Crippen molar-refractivity contribution in [3.05, 3.63) is 59.7 Å². The van der Waals surface area contributed by atoms with E-state index in [1.54, 1.807) is 18.2 Å². The highest BCUT2D eigenvalue weighted by atomic mass is 32.2. The molecule has 0 radical (unpaired) electrons. The van der Waals surface area contributed by atoms with Crippen LogP contribution in [0.1, 0.15) is 36.7 Å². The van der Waals surface area contributed by atoms with Crippen molar-refractivity contribution in [3.63, 3.8) is 0 Å². The number of carbonyl (C=O) groups excluding carboxylic acids is 2. The van der Waals surface area contributed by atoms with Crippen LogP contribution >= 0.6 is 11.8 Å². The lowest BCUT2D eigenvalue weighted by Gasteiger charge is -2.20. The summed E-state index contributed by atoms with van der Waals surface area (Å²) in [6.45, 7) is 7.32. The number of ether oxygens (including phenoxy) is 1. The average Bonchev–Trinajstić information content (AvgIpc) is 2.49. The predicted molar refractivity (Wildman–Crippen MR) is 97.7 cm³/mol. The summed E-state index contributed by atoms with van der Waals surface area (Å²) < 4.78 is 5.26. The molecule has 0 spiro atoms. The summed E-state index contributed by atoms with van der Waals surface area (Å²) in [6, 6.07) is 14.6. The van der Waals surface area contributed by atoms with Crippen LogP contribution in [0.3, 0.4) is 0 Å². The summed E-state index contributed by atoms with van der Waals surface area (Å²) in [5.41, 5.74) is 1.62. The van der Waals surface area contributed by atoms with Crippen molar-refractivity contribution in [1.82, 2.24) is 0 Å². The number of carbonyl (C=O) groups is 2. The Morgan fingerprint density at radius 1 is 1.04 bits per heavy atom. The van der Waals surface area contributed by atoms with Crippen molar-refractivity contribution in [3.8, 4) is 0 Å². The van der Waals surface area contributed by atoms with Crippen LogP contribution < -0.4 is 5.32 Å².